The summed E-state index contributed by atoms with van der Waals surface area (Å²) in [5.74, 6) is -0.388. The summed E-state index contributed by atoms with van der Waals surface area (Å²) < 4.78 is 5.04. The van der Waals surface area contributed by atoms with E-state index in [-0.39, 0.29) is 37.3 Å². The summed E-state index contributed by atoms with van der Waals surface area (Å²) in [4.78, 5) is 26.4. The first-order valence-electron chi connectivity index (χ1n) is 8.66. The molecule has 0 aromatic heterocycles. The van der Waals surface area contributed by atoms with Crippen molar-refractivity contribution in [1.82, 2.24) is 10.2 Å². The highest BCUT2D eigenvalue weighted by atomic mass is 16.5. The van der Waals surface area contributed by atoms with Crippen molar-refractivity contribution in [2.24, 2.45) is 5.41 Å². The van der Waals surface area contributed by atoms with Gasteiger partial charge in [0, 0.05) is 25.8 Å². The van der Waals surface area contributed by atoms with E-state index in [1.165, 1.54) is 18.1 Å². The van der Waals surface area contributed by atoms with E-state index in [0.29, 0.717) is 24.1 Å². The number of methoxy groups -OCH3 is 1. The molecule has 7 heteroatoms. The molecule has 0 spiro atoms. The van der Waals surface area contributed by atoms with Gasteiger partial charge in [0.15, 0.2) is 0 Å². The van der Waals surface area contributed by atoms with E-state index in [0.717, 1.165) is 0 Å². The van der Waals surface area contributed by atoms with Gasteiger partial charge in [-0.3, -0.25) is 9.59 Å². The van der Waals surface area contributed by atoms with Gasteiger partial charge < -0.3 is 25.2 Å². The topological polar surface area (TPSA) is 99.1 Å². The molecule has 1 saturated heterocycles. The molecule has 0 bridgehead atoms. The van der Waals surface area contributed by atoms with Crippen molar-refractivity contribution in [3.63, 3.8) is 0 Å². The van der Waals surface area contributed by atoms with Crippen LogP contribution in [0.1, 0.15) is 36.2 Å². The molecule has 1 atom stereocenters. The van der Waals surface area contributed by atoms with Crippen molar-refractivity contribution >= 4 is 11.8 Å². The highest BCUT2D eigenvalue weighted by Crippen LogP contribution is 2.25. The molecule has 7 nitrogen and oxygen atoms in total. The lowest BCUT2D eigenvalue weighted by atomic mass is 9.93. The van der Waals surface area contributed by atoms with E-state index < -0.39 is 11.0 Å². The number of ether oxygens (including phenoxy) is 1. The number of hydrogen-bond acceptors (Lipinski definition) is 5. The fraction of sp³-hybridized carbons (Fsp3) is 0.579. The first-order valence-corrected chi connectivity index (χ1v) is 8.66. The smallest absolute Gasteiger partial charge is 0.254 e. The number of amides is 2. The zero-order chi connectivity index (χ0) is 19.5. The zero-order valence-corrected chi connectivity index (χ0v) is 15.8. The Bertz CT molecular complexity index is 689. The summed E-state index contributed by atoms with van der Waals surface area (Å²) >= 11 is 0. The molecule has 1 aromatic rings. The molecule has 0 radical (unpaired) electrons. The minimum atomic E-state index is -1.17. The minimum absolute atomic E-state index is 0.0675. The maximum atomic E-state index is 12.6. The molecule has 144 valence electrons. The van der Waals surface area contributed by atoms with Gasteiger partial charge in [0.05, 0.1) is 18.6 Å². The standard InChI is InChI=1S/C19H28N2O5/c1-13-5-6-14(9-15(13)22)16(23)21-8-7-19(25,11-21)10-20-17(24)18(2,3)12-26-4/h5-6,9,22,25H,7-8,10-12H2,1-4H3,(H,20,24). The van der Waals surface area contributed by atoms with E-state index in [1.807, 2.05) is 0 Å². The van der Waals surface area contributed by atoms with Crippen LogP contribution >= 0.6 is 0 Å². The van der Waals surface area contributed by atoms with Crippen LogP contribution in [0.2, 0.25) is 0 Å². The average Bonchev–Trinajstić information content (AvgIpc) is 2.97. The van der Waals surface area contributed by atoms with Crippen LogP contribution in [0.15, 0.2) is 18.2 Å². The molecule has 26 heavy (non-hydrogen) atoms. The molecule has 3 N–H and O–H groups in total. The number of likely N-dealkylation sites (tertiary alicyclic amines) is 1. The predicted octanol–water partition coefficient (Wildman–Crippen LogP) is 1.07. The number of aromatic hydroxyl groups is 1. The number of rotatable bonds is 6. The van der Waals surface area contributed by atoms with Gasteiger partial charge in [0.25, 0.3) is 5.91 Å². The Balaban J connectivity index is 1.96. The zero-order valence-electron chi connectivity index (χ0n) is 15.8. The molecule has 1 heterocycles. The number of carbonyl (C=O) groups excluding carboxylic acids is 2. The molecule has 2 rings (SSSR count). The number of benzene rings is 1. The maximum absolute atomic E-state index is 12.6. The first-order chi connectivity index (χ1) is 12.1. The molecule has 1 fully saturated rings. The van der Waals surface area contributed by atoms with Crippen LogP contribution in [0.25, 0.3) is 0 Å². The number of phenolic OH excluding ortho intramolecular Hbond substituents is 1. The van der Waals surface area contributed by atoms with Gasteiger partial charge >= 0.3 is 0 Å². The third kappa shape index (κ3) is 4.53. The third-order valence-electron chi connectivity index (χ3n) is 4.77. The number of hydrogen-bond donors (Lipinski definition) is 3. The summed E-state index contributed by atoms with van der Waals surface area (Å²) in [6.07, 6.45) is 0.377. The predicted molar refractivity (Wildman–Crippen MR) is 97.0 cm³/mol. The van der Waals surface area contributed by atoms with Crippen LogP contribution in [0.5, 0.6) is 5.75 Å². The van der Waals surface area contributed by atoms with Gasteiger partial charge in [-0.2, -0.15) is 0 Å². The van der Waals surface area contributed by atoms with Crippen molar-refractivity contribution < 1.29 is 24.5 Å². The number of aliphatic hydroxyl groups is 1. The van der Waals surface area contributed by atoms with Crippen LogP contribution in [-0.2, 0) is 9.53 Å². The van der Waals surface area contributed by atoms with Crippen LogP contribution < -0.4 is 5.32 Å². The fourth-order valence-corrected chi connectivity index (χ4v) is 3.01. The molecule has 1 unspecified atom stereocenters. The summed E-state index contributed by atoms with van der Waals surface area (Å²) in [7, 11) is 1.53. The number of nitrogens with zero attached hydrogens (tertiary/aromatic N) is 1. The number of nitrogens with one attached hydrogen (secondary N) is 1. The second-order valence-corrected chi connectivity index (χ2v) is 7.70. The minimum Gasteiger partial charge on any atom is -0.508 e. The molecular formula is C19H28N2O5. The Morgan fingerprint density at radius 2 is 2.08 bits per heavy atom. The molecule has 2 amide bonds. The molecule has 0 aliphatic carbocycles. The van der Waals surface area contributed by atoms with E-state index in [1.54, 1.807) is 32.9 Å². The summed E-state index contributed by atoms with van der Waals surface area (Å²) in [6, 6.07) is 4.77. The number of aryl methyl sites for hydroxylation is 1. The van der Waals surface area contributed by atoms with Crippen molar-refractivity contribution in [2.45, 2.75) is 32.8 Å². The van der Waals surface area contributed by atoms with Gasteiger partial charge in [0.1, 0.15) is 11.4 Å². The number of carbonyl (C=O) groups is 2. The van der Waals surface area contributed by atoms with Gasteiger partial charge in [-0.05, 0) is 44.9 Å². The second kappa shape index (κ2) is 7.63. The lowest BCUT2D eigenvalue weighted by Crippen LogP contribution is -2.49. The van der Waals surface area contributed by atoms with Crippen molar-refractivity contribution in [3.8, 4) is 5.75 Å². The third-order valence-corrected chi connectivity index (χ3v) is 4.77. The van der Waals surface area contributed by atoms with E-state index in [4.69, 9.17) is 4.74 Å². The van der Waals surface area contributed by atoms with Crippen LogP contribution in [0, 0.1) is 12.3 Å². The lowest BCUT2D eigenvalue weighted by Gasteiger charge is -2.27. The number of phenols is 1. The fourth-order valence-electron chi connectivity index (χ4n) is 3.01. The molecule has 1 aliphatic heterocycles. The Morgan fingerprint density at radius 1 is 1.38 bits per heavy atom. The van der Waals surface area contributed by atoms with Gasteiger partial charge in [-0.25, -0.2) is 0 Å². The average molecular weight is 364 g/mol. The van der Waals surface area contributed by atoms with E-state index in [9.17, 15) is 19.8 Å². The summed E-state index contributed by atoms with van der Waals surface area (Å²) in [5.41, 5.74) is -0.789. The van der Waals surface area contributed by atoms with Crippen molar-refractivity contribution in [3.05, 3.63) is 29.3 Å². The first kappa shape index (κ1) is 20.2. The lowest BCUT2D eigenvalue weighted by molar-refractivity contribution is -0.133. The second-order valence-electron chi connectivity index (χ2n) is 7.70. The van der Waals surface area contributed by atoms with E-state index >= 15 is 0 Å². The van der Waals surface area contributed by atoms with E-state index in [2.05, 4.69) is 5.32 Å². The van der Waals surface area contributed by atoms with Crippen LogP contribution in [-0.4, -0.2) is 65.9 Å². The highest BCUT2D eigenvalue weighted by Gasteiger charge is 2.39. The summed E-state index contributed by atoms with van der Waals surface area (Å²) in [5, 5.41) is 23.3. The summed E-state index contributed by atoms with van der Waals surface area (Å²) in [6.45, 7) is 6.16. The van der Waals surface area contributed by atoms with Crippen molar-refractivity contribution in [2.75, 3.05) is 33.4 Å². The SMILES string of the molecule is COCC(C)(C)C(=O)NCC1(O)CCN(C(=O)c2ccc(C)c(O)c2)C1. The maximum Gasteiger partial charge on any atom is 0.254 e. The molecule has 0 saturated carbocycles. The highest BCUT2D eigenvalue weighted by molar-refractivity contribution is 5.95. The Kier molecular flexibility index (Phi) is 5.93. The quantitative estimate of drug-likeness (QED) is 0.701. The normalized spacial score (nSPS) is 20.3. The molecule has 1 aliphatic rings. The van der Waals surface area contributed by atoms with Crippen molar-refractivity contribution in [1.29, 1.82) is 0 Å². The van der Waals surface area contributed by atoms with Gasteiger partial charge in [-0.1, -0.05) is 6.07 Å². The Labute approximate surface area is 154 Å². The van der Waals surface area contributed by atoms with Crippen LogP contribution in [0.4, 0.5) is 0 Å². The monoisotopic (exact) mass is 364 g/mol. The molecular weight excluding hydrogens is 336 g/mol. The Hall–Kier alpha value is -2.12. The largest absolute Gasteiger partial charge is 0.508 e. The van der Waals surface area contributed by atoms with Gasteiger partial charge in [-0.15, -0.1) is 0 Å². The molecule has 1 aromatic carbocycles. The van der Waals surface area contributed by atoms with Crippen LogP contribution in [0.3, 0.4) is 0 Å². The Morgan fingerprint density at radius 3 is 2.69 bits per heavy atom. The van der Waals surface area contributed by atoms with Gasteiger partial charge in [0.2, 0.25) is 5.91 Å². The number of β-amino-alcohol motifs (C(OH)–C–C–N with tert-alkyl or cyclic N) is 1.